The van der Waals surface area contributed by atoms with Crippen molar-refractivity contribution in [2.24, 2.45) is 0 Å². The number of benzene rings is 3. The first kappa shape index (κ1) is 24.1. The highest BCUT2D eigenvalue weighted by Crippen LogP contribution is 2.38. The van der Waals surface area contributed by atoms with Gasteiger partial charge in [0, 0.05) is 11.1 Å². The second kappa shape index (κ2) is 10.5. The van der Waals surface area contributed by atoms with Gasteiger partial charge in [0.25, 0.3) is 0 Å². The molecule has 0 heterocycles. The molecule has 4 rings (SSSR count). The number of rotatable bonds is 7. The van der Waals surface area contributed by atoms with E-state index in [1.807, 2.05) is 0 Å². The van der Waals surface area contributed by atoms with Gasteiger partial charge in [0.05, 0.1) is 26.9 Å². The van der Waals surface area contributed by atoms with Crippen molar-refractivity contribution in [2.45, 2.75) is 44.3 Å². The van der Waals surface area contributed by atoms with E-state index in [4.69, 9.17) is 14.2 Å². The van der Waals surface area contributed by atoms with Crippen LogP contribution in [0.15, 0.2) is 48.5 Å². The van der Waals surface area contributed by atoms with Crippen LogP contribution in [0.25, 0.3) is 11.1 Å². The minimum absolute atomic E-state index is 0.0678. The zero-order chi connectivity index (χ0) is 24.2. The van der Waals surface area contributed by atoms with Crippen LogP contribution < -0.4 is 9.47 Å². The molecule has 3 nitrogen and oxygen atoms in total. The highest BCUT2D eigenvalue weighted by atomic mass is 19.2. The number of ether oxygens (including phenoxy) is 3. The maximum absolute atomic E-state index is 15.0. The molecule has 0 unspecified atom stereocenters. The molecule has 3 aromatic carbocycles. The smallest absolute Gasteiger partial charge is 0.200 e. The normalized spacial score (nSPS) is 18.1. The first-order valence-electron chi connectivity index (χ1n) is 11.2. The van der Waals surface area contributed by atoms with Crippen LogP contribution in [0.2, 0.25) is 0 Å². The summed E-state index contributed by atoms with van der Waals surface area (Å²) >= 11 is 0. The zero-order valence-corrected chi connectivity index (χ0v) is 19.0. The number of hydrogen-bond donors (Lipinski definition) is 0. The van der Waals surface area contributed by atoms with Gasteiger partial charge in [-0.25, -0.2) is 13.2 Å². The summed E-state index contributed by atoms with van der Waals surface area (Å²) in [4.78, 5) is 0. The molecule has 0 spiro atoms. The van der Waals surface area contributed by atoms with Crippen LogP contribution in [0.3, 0.4) is 0 Å². The van der Waals surface area contributed by atoms with Crippen molar-refractivity contribution >= 4 is 0 Å². The fourth-order valence-corrected chi connectivity index (χ4v) is 4.46. The third-order valence-electron chi connectivity index (χ3n) is 6.45. The lowest BCUT2D eigenvalue weighted by atomic mass is 9.82. The van der Waals surface area contributed by atoms with E-state index in [1.54, 1.807) is 43.5 Å². The monoisotopic (exact) mass is 474 g/mol. The number of methoxy groups -OCH3 is 2. The van der Waals surface area contributed by atoms with Crippen molar-refractivity contribution in [1.82, 2.24) is 0 Å². The van der Waals surface area contributed by atoms with E-state index >= 15 is 0 Å². The van der Waals surface area contributed by atoms with Crippen LogP contribution in [0, 0.1) is 23.3 Å². The summed E-state index contributed by atoms with van der Waals surface area (Å²) in [5, 5.41) is 0. The van der Waals surface area contributed by atoms with E-state index in [-0.39, 0.29) is 35.5 Å². The maximum Gasteiger partial charge on any atom is 0.200 e. The van der Waals surface area contributed by atoms with Gasteiger partial charge in [0.2, 0.25) is 5.82 Å². The van der Waals surface area contributed by atoms with Crippen molar-refractivity contribution < 1.29 is 31.8 Å². The van der Waals surface area contributed by atoms with Gasteiger partial charge in [-0.1, -0.05) is 24.3 Å². The largest absolute Gasteiger partial charge is 0.497 e. The van der Waals surface area contributed by atoms with Gasteiger partial charge in [0.15, 0.2) is 23.2 Å². The van der Waals surface area contributed by atoms with Gasteiger partial charge in [-0.15, -0.1) is 0 Å². The minimum atomic E-state index is -1.04. The third-order valence-corrected chi connectivity index (χ3v) is 6.45. The summed E-state index contributed by atoms with van der Waals surface area (Å²) < 4.78 is 73.6. The Morgan fingerprint density at radius 3 is 2.06 bits per heavy atom. The predicted octanol–water partition coefficient (Wildman–Crippen LogP) is 7.17. The minimum Gasteiger partial charge on any atom is -0.497 e. The topological polar surface area (TPSA) is 27.7 Å². The van der Waals surface area contributed by atoms with Crippen LogP contribution in [0.5, 0.6) is 11.5 Å². The third kappa shape index (κ3) is 4.89. The first-order chi connectivity index (χ1) is 16.4. The molecule has 1 aliphatic rings. The Morgan fingerprint density at radius 1 is 0.706 bits per heavy atom. The fraction of sp³-hybridized carbons (Fsp3) is 0.333. The average Bonchev–Trinajstić information content (AvgIpc) is 2.87. The summed E-state index contributed by atoms with van der Waals surface area (Å²) in [5.41, 5.74) is 1.25. The highest BCUT2D eigenvalue weighted by Gasteiger charge is 2.27. The van der Waals surface area contributed by atoms with Gasteiger partial charge in [0.1, 0.15) is 5.75 Å². The Balaban J connectivity index is 1.38. The average molecular weight is 474 g/mol. The molecule has 0 atom stereocenters. The van der Waals surface area contributed by atoms with Crippen molar-refractivity contribution in [3.05, 3.63) is 82.9 Å². The molecule has 0 aliphatic heterocycles. The van der Waals surface area contributed by atoms with E-state index in [2.05, 4.69) is 0 Å². The SMILES string of the molecule is COc1ccc(-c2ccc(C3CCC(OCc4ccc(OC)c(F)c4F)CC3)c(F)c2F)cc1. The molecule has 0 N–H and O–H groups in total. The maximum atomic E-state index is 15.0. The van der Waals surface area contributed by atoms with Gasteiger partial charge in [-0.3, -0.25) is 0 Å². The van der Waals surface area contributed by atoms with Crippen LogP contribution in [-0.2, 0) is 11.3 Å². The first-order valence-corrected chi connectivity index (χ1v) is 11.2. The summed E-state index contributed by atoms with van der Waals surface area (Å²) in [6.07, 6.45) is 2.30. The lowest BCUT2D eigenvalue weighted by Gasteiger charge is -2.29. The van der Waals surface area contributed by atoms with Crippen molar-refractivity contribution in [3.63, 3.8) is 0 Å². The molecule has 1 aliphatic carbocycles. The summed E-state index contributed by atoms with van der Waals surface area (Å²) in [5.74, 6) is -3.36. The second-order valence-corrected chi connectivity index (χ2v) is 8.40. The Labute approximate surface area is 196 Å². The van der Waals surface area contributed by atoms with Crippen LogP contribution >= 0.6 is 0 Å². The molecule has 0 bridgehead atoms. The molecular formula is C27H26F4O3. The number of halogens is 4. The van der Waals surface area contributed by atoms with Crippen molar-refractivity contribution in [1.29, 1.82) is 0 Å². The molecular weight excluding hydrogens is 448 g/mol. The van der Waals surface area contributed by atoms with Gasteiger partial charge >= 0.3 is 0 Å². The molecule has 0 saturated heterocycles. The van der Waals surface area contributed by atoms with E-state index < -0.39 is 23.3 Å². The van der Waals surface area contributed by atoms with E-state index in [0.29, 0.717) is 42.6 Å². The van der Waals surface area contributed by atoms with Crippen LogP contribution in [-0.4, -0.2) is 20.3 Å². The Bertz CT molecular complexity index is 1140. The lowest BCUT2D eigenvalue weighted by Crippen LogP contribution is -2.21. The molecule has 0 amide bonds. The van der Waals surface area contributed by atoms with Crippen molar-refractivity contribution in [3.8, 4) is 22.6 Å². The molecule has 3 aromatic rings. The van der Waals surface area contributed by atoms with Crippen LogP contribution in [0.4, 0.5) is 17.6 Å². The number of hydrogen-bond acceptors (Lipinski definition) is 3. The van der Waals surface area contributed by atoms with E-state index in [1.165, 1.54) is 19.2 Å². The molecule has 1 fully saturated rings. The van der Waals surface area contributed by atoms with Crippen molar-refractivity contribution in [2.75, 3.05) is 14.2 Å². The Morgan fingerprint density at radius 2 is 1.41 bits per heavy atom. The predicted molar refractivity (Wildman–Crippen MR) is 121 cm³/mol. The van der Waals surface area contributed by atoms with E-state index in [9.17, 15) is 17.6 Å². The quantitative estimate of drug-likeness (QED) is 0.340. The van der Waals surface area contributed by atoms with Gasteiger partial charge < -0.3 is 14.2 Å². The second-order valence-electron chi connectivity index (χ2n) is 8.40. The fourth-order valence-electron chi connectivity index (χ4n) is 4.46. The Kier molecular flexibility index (Phi) is 7.41. The summed E-state index contributed by atoms with van der Waals surface area (Å²) in [6.45, 7) is -0.0678. The molecule has 7 heteroatoms. The standard InChI is InChI=1S/C27H26F4O3/c1-32-19-8-3-16(4-9-19)21-12-13-22(26(30)25(21)29)17-5-10-20(11-6-17)34-15-18-7-14-23(33-2)27(31)24(18)28/h3-4,7-9,12-14,17,20H,5-6,10-11,15H2,1-2H3. The molecule has 0 aromatic heterocycles. The molecule has 0 radical (unpaired) electrons. The molecule has 1 saturated carbocycles. The van der Waals surface area contributed by atoms with Gasteiger partial charge in [-0.05, 0) is 67.0 Å². The summed E-state index contributed by atoms with van der Waals surface area (Å²) in [7, 11) is 2.81. The van der Waals surface area contributed by atoms with E-state index in [0.717, 1.165) is 0 Å². The van der Waals surface area contributed by atoms with Gasteiger partial charge in [-0.2, -0.15) is 4.39 Å². The summed E-state index contributed by atoms with van der Waals surface area (Å²) in [6, 6.07) is 12.8. The zero-order valence-electron chi connectivity index (χ0n) is 19.0. The Hall–Kier alpha value is -3.06. The van der Waals surface area contributed by atoms with Crippen LogP contribution in [0.1, 0.15) is 42.7 Å². The molecule has 180 valence electrons. The highest BCUT2D eigenvalue weighted by molar-refractivity contribution is 5.65. The lowest BCUT2D eigenvalue weighted by molar-refractivity contribution is 0.0116. The molecule has 34 heavy (non-hydrogen) atoms.